The molecule has 1 saturated carbocycles. The first-order valence-electron chi connectivity index (χ1n) is 12.8. The van der Waals surface area contributed by atoms with Crippen LogP contribution >= 0.6 is 11.6 Å². The van der Waals surface area contributed by atoms with Crippen LogP contribution in [0.3, 0.4) is 0 Å². The van der Waals surface area contributed by atoms with Crippen molar-refractivity contribution in [2.45, 2.75) is 75.8 Å². The summed E-state index contributed by atoms with van der Waals surface area (Å²) in [7, 11) is -3.94. The molecule has 11 heteroatoms. The molecule has 3 rings (SSSR count). The number of hydrogen-bond acceptors (Lipinski definition) is 6. The first-order valence-corrected chi connectivity index (χ1v) is 14.6. The van der Waals surface area contributed by atoms with Gasteiger partial charge in [-0.2, -0.15) is 4.31 Å². The van der Waals surface area contributed by atoms with E-state index < -0.39 is 27.6 Å². The van der Waals surface area contributed by atoms with E-state index in [0.717, 1.165) is 32.1 Å². The maximum Gasteiger partial charge on any atom is 0.407 e. The number of ether oxygens (including phenoxy) is 1. The molecule has 1 fully saturated rings. The normalized spacial score (nSPS) is 14.8. The highest BCUT2D eigenvalue weighted by Gasteiger charge is 2.32. The molecule has 0 spiro atoms. The lowest BCUT2D eigenvalue weighted by molar-refractivity contribution is 0.0526. The number of sulfonamides is 1. The number of nitrogens with one attached hydrogen (secondary N) is 2. The number of carbonyl (C=O) groups is 2. The monoisotopic (exact) mass is 565 g/mol. The highest BCUT2D eigenvalue weighted by molar-refractivity contribution is 7.89. The van der Waals surface area contributed by atoms with E-state index in [1.165, 1.54) is 46.8 Å². The molecule has 0 radical (unpaired) electrons. The minimum atomic E-state index is -3.94. The Hall–Kier alpha value is -2.82. The van der Waals surface area contributed by atoms with E-state index in [-0.39, 0.29) is 41.0 Å². The largest absolute Gasteiger partial charge is 0.506 e. The molecular formula is C27H36ClN3O6S. The van der Waals surface area contributed by atoms with Gasteiger partial charge in [-0.3, -0.25) is 4.79 Å². The second-order valence-electron chi connectivity index (χ2n) is 10.3. The number of phenols is 1. The molecule has 1 aliphatic carbocycles. The zero-order valence-electron chi connectivity index (χ0n) is 22.0. The van der Waals surface area contributed by atoms with Crippen molar-refractivity contribution in [2.75, 3.05) is 18.4 Å². The number of hydrogen-bond donors (Lipinski definition) is 3. The van der Waals surface area contributed by atoms with Gasteiger partial charge in [0.2, 0.25) is 10.0 Å². The molecule has 2 amide bonds. The summed E-state index contributed by atoms with van der Waals surface area (Å²) in [6.45, 7) is 5.80. The van der Waals surface area contributed by atoms with Crippen LogP contribution in [0.5, 0.6) is 5.75 Å². The fourth-order valence-electron chi connectivity index (χ4n) is 4.34. The van der Waals surface area contributed by atoms with Gasteiger partial charge >= 0.3 is 6.09 Å². The summed E-state index contributed by atoms with van der Waals surface area (Å²) in [5, 5.41) is 15.6. The summed E-state index contributed by atoms with van der Waals surface area (Å²) in [6.07, 6.45) is 4.32. The number of nitrogens with zero attached hydrogens (tertiary/aromatic N) is 1. The number of phenolic OH excluding ortho intramolecular Hbond substituents is 1. The van der Waals surface area contributed by atoms with Crippen LogP contribution < -0.4 is 10.6 Å². The van der Waals surface area contributed by atoms with Gasteiger partial charge in [0.05, 0.1) is 10.6 Å². The predicted octanol–water partition coefficient (Wildman–Crippen LogP) is 5.54. The summed E-state index contributed by atoms with van der Waals surface area (Å²) in [5.74, 6) is -0.736. The van der Waals surface area contributed by atoms with Crippen LogP contribution in [0.2, 0.25) is 5.02 Å². The number of anilines is 1. The van der Waals surface area contributed by atoms with Crippen molar-refractivity contribution >= 4 is 39.3 Å². The lowest BCUT2D eigenvalue weighted by atomic mass is 9.95. The van der Waals surface area contributed by atoms with Gasteiger partial charge in [0.15, 0.2) is 0 Å². The average Bonchev–Trinajstić information content (AvgIpc) is 2.85. The Morgan fingerprint density at radius 2 is 1.82 bits per heavy atom. The average molecular weight is 566 g/mol. The number of amides is 2. The van der Waals surface area contributed by atoms with Gasteiger partial charge in [-0.25, -0.2) is 13.2 Å². The molecule has 2 aromatic carbocycles. The van der Waals surface area contributed by atoms with Gasteiger partial charge in [0.25, 0.3) is 5.91 Å². The molecule has 9 nitrogen and oxygen atoms in total. The molecule has 0 unspecified atom stereocenters. The molecule has 0 aromatic heterocycles. The van der Waals surface area contributed by atoms with E-state index >= 15 is 0 Å². The summed E-state index contributed by atoms with van der Waals surface area (Å²) in [5.41, 5.74) is -0.373. The van der Waals surface area contributed by atoms with Crippen molar-refractivity contribution in [2.24, 2.45) is 0 Å². The fraction of sp³-hybridized carbons (Fsp3) is 0.481. The number of aromatic hydroxyl groups is 1. The maximum absolute atomic E-state index is 13.8. The number of benzene rings is 2. The second kappa shape index (κ2) is 12.8. The van der Waals surface area contributed by atoms with E-state index in [1.807, 2.05) is 0 Å². The molecule has 0 bridgehead atoms. The summed E-state index contributed by atoms with van der Waals surface area (Å²) in [4.78, 5) is 24.9. The molecule has 0 heterocycles. The molecule has 38 heavy (non-hydrogen) atoms. The molecule has 208 valence electrons. The minimum absolute atomic E-state index is 0.00569. The van der Waals surface area contributed by atoms with Crippen LogP contribution in [0.1, 0.15) is 69.7 Å². The SMILES string of the molecule is CC(C)(C)OC(=O)NCCCN(C1CCCCC1)S(=O)(=O)c1cccc(C(=O)Nc2cc(Cl)ccc2O)c1. The maximum atomic E-state index is 13.8. The predicted molar refractivity (Wildman–Crippen MR) is 147 cm³/mol. The van der Waals surface area contributed by atoms with Crippen molar-refractivity contribution in [1.82, 2.24) is 9.62 Å². The molecule has 3 N–H and O–H groups in total. The Morgan fingerprint density at radius 3 is 2.50 bits per heavy atom. The number of alkyl carbamates (subject to hydrolysis) is 1. The zero-order valence-corrected chi connectivity index (χ0v) is 23.6. The molecule has 0 saturated heterocycles. The van der Waals surface area contributed by atoms with Crippen LogP contribution in [-0.4, -0.2) is 54.6 Å². The highest BCUT2D eigenvalue weighted by Crippen LogP contribution is 2.30. The fourth-order valence-corrected chi connectivity index (χ4v) is 6.29. The summed E-state index contributed by atoms with van der Waals surface area (Å²) in [6, 6.07) is 9.93. The van der Waals surface area contributed by atoms with Gasteiger partial charge in [0.1, 0.15) is 11.4 Å². The molecule has 0 aliphatic heterocycles. The number of rotatable bonds is 9. The molecule has 2 aromatic rings. The Morgan fingerprint density at radius 1 is 1.11 bits per heavy atom. The highest BCUT2D eigenvalue weighted by atomic mass is 35.5. The quantitative estimate of drug-likeness (QED) is 0.271. The summed E-state index contributed by atoms with van der Waals surface area (Å²) >= 11 is 5.96. The van der Waals surface area contributed by atoms with Crippen molar-refractivity contribution < 1.29 is 27.9 Å². The lowest BCUT2D eigenvalue weighted by Gasteiger charge is -2.33. The van der Waals surface area contributed by atoms with E-state index in [9.17, 15) is 23.1 Å². The third-order valence-corrected chi connectivity index (χ3v) is 8.30. The Kier molecular flexibility index (Phi) is 10.0. The lowest BCUT2D eigenvalue weighted by Crippen LogP contribution is -2.43. The van der Waals surface area contributed by atoms with Crippen LogP contribution in [0.4, 0.5) is 10.5 Å². The van der Waals surface area contributed by atoms with E-state index in [0.29, 0.717) is 11.4 Å². The third-order valence-electron chi connectivity index (χ3n) is 6.12. The third kappa shape index (κ3) is 8.34. The van der Waals surface area contributed by atoms with Gasteiger partial charge in [-0.1, -0.05) is 36.9 Å². The minimum Gasteiger partial charge on any atom is -0.506 e. The van der Waals surface area contributed by atoms with Gasteiger partial charge < -0.3 is 20.5 Å². The van der Waals surface area contributed by atoms with Crippen molar-refractivity contribution in [3.8, 4) is 5.75 Å². The molecular weight excluding hydrogens is 530 g/mol. The van der Waals surface area contributed by atoms with Crippen LogP contribution in [0.25, 0.3) is 0 Å². The standard InChI is InChI=1S/C27H36ClN3O6S/c1-27(2,3)37-26(34)29-15-8-16-31(21-10-5-4-6-11-21)38(35,36)22-12-7-9-19(17-22)25(33)30-23-18-20(28)13-14-24(23)32/h7,9,12-14,17-18,21,32H,4-6,8,10-11,15-16H2,1-3H3,(H,29,34)(H,30,33). The van der Waals surface area contributed by atoms with Gasteiger partial charge in [0, 0.05) is 29.7 Å². The van der Waals surface area contributed by atoms with Crippen LogP contribution in [-0.2, 0) is 14.8 Å². The Labute approximate surface area is 229 Å². The van der Waals surface area contributed by atoms with Crippen molar-refractivity contribution in [3.63, 3.8) is 0 Å². The smallest absolute Gasteiger partial charge is 0.407 e. The summed E-state index contributed by atoms with van der Waals surface area (Å²) < 4.78 is 34.4. The molecule has 1 aliphatic rings. The second-order valence-corrected chi connectivity index (χ2v) is 12.7. The van der Waals surface area contributed by atoms with E-state index in [1.54, 1.807) is 20.8 Å². The first kappa shape index (κ1) is 29.7. The van der Waals surface area contributed by atoms with E-state index in [2.05, 4.69) is 10.6 Å². The van der Waals surface area contributed by atoms with Crippen molar-refractivity contribution in [3.05, 3.63) is 53.1 Å². The van der Waals surface area contributed by atoms with Crippen molar-refractivity contribution in [1.29, 1.82) is 0 Å². The van der Waals surface area contributed by atoms with E-state index in [4.69, 9.17) is 16.3 Å². The topological polar surface area (TPSA) is 125 Å². The van der Waals surface area contributed by atoms with Gasteiger partial charge in [-0.05, 0) is 76.4 Å². The zero-order chi connectivity index (χ0) is 27.9. The number of halogens is 1. The van der Waals surface area contributed by atoms with Crippen LogP contribution in [0.15, 0.2) is 47.4 Å². The Bertz CT molecular complexity index is 1240. The first-order chi connectivity index (χ1) is 17.9. The Balaban J connectivity index is 1.76. The molecule has 0 atom stereocenters. The number of carbonyl (C=O) groups excluding carboxylic acids is 2. The van der Waals surface area contributed by atoms with Crippen LogP contribution in [0, 0.1) is 0 Å². The van der Waals surface area contributed by atoms with Gasteiger partial charge in [-0.15, -0.1) is 0 Å².